The van der Waals surface area contributed by atoms with Crippen LogP contribution in [0.1, 0.15) is 22.7 Å². The minimum atomic E-state index is -0.284. The lowest BCUT2D eigenvalue weighted by atomic mass is 9.88. The van der Waals surface area contributed by atoms with E-state index in [9.17, 15) is 4.79 Å². The molecule has 0 aliphatic carbocycles. The topological polar surface area (TPSA) is 89.5 Å². The van der Waals surface area contributed by atoms with Crippen LogP contribution < -0.4 is 14.8 Å². The molecular formula is C25H23N5O3S. The van der Waals surface area contributed by atoms with Crippen molar-refractivity contribution in [2.75, 3.05) is 26.1 Å². The Kier molecular flexibility index (Phi) is 6.09. The average Bonchev–Trinajstić information content (AvgIpc) is 3.36. The highest BCUT2D eigenvalue weighted by molar-refractivity contribution is 7.18. The summed E-state index contributed by atoms with van der Waals surface area (Å²) in [6.45, 7) is 0.541. The van der Waals surface area contributed by atoms with E-state index < -0.39 is 0 Å². The monoisotopic (exact) mass is 473 g/mol. The number of anilines is 1. The van der Waals surface area contributed by atoms with Crippen LogP contribution >= 0.6 is 11.3 Å². The fraction of sp³-hybridized carbons (Fsp3) is 0.200. The first-order chi connectivity index (χ1) is 16.7. The van der Waals surface area contributed by atoms with Gasteiger partial charge in [-0.2, -0.15) is 0 Å². The van der Waals surface area contributed by atoms with Crippen LogP contribution in [0.15, 0.2) is 66.9 Å². The molecule has 0 saturated heterocycles. The number of hydrogen-bond donors (Lipinski definition) is 1. The summed E-state index contributed by atoms with van der Waals surface area (Å²) in [6, 6.07) is 19.0. The van der Waals surface area contributed by atoms with Crippen LogP contribution in [-0.2, 0) is 6.42 Å². The second kappa shape index (κ2) is 9.48. The molecule has 0 radical (unpaired) electrons. The van der Waals surface area contributed by atoms with Gasteiger partial charge in [-0.25, -0.2) is 4.79 Å². The molecule has 8 nitrogen and oxygen atoms in total. The summed E-state index contributed by atoms with van der Waals surface area (Å²) in [5.74, 6) is 1.32. The summed E-state index contributed by atoms with van der Waals surface area (Å²) in [6.07, 6.45) is 2.40. The van der Waals surface area contributed by atoms with Crippen LogP contribution in [0.2, 0.25) is 0 Å². The number of nitrogens with zero attached hydrogens (tertiary/aromatic N) is 4. The SMILES string of the molecule is COc1cc2c(cc1OC)C(c1ccccc1)N(C(=O)Nc1nnc(-c3ccccn3)s1)CC2. The van der Waals surface area contributed by atoms with Crippen LogP contribution in [0.4, 0.5) is 9.93 Å². The minimum absolute atomic E-state index is 0.238. The van der Waals surface area contributed by atoms with Crippen molar-refractivity contribution < 1.29 is 14.3 Å². The van der Waals surface area contributed by atoms with Crippen LogP contribution in [0.5, 0.6) is 11.5 Å². The number of methoxy groups -OCH3 is 2. The van der Waals surface area contributed by atoms with Gasteiger partial charge in [0.1, 0.15) is 5.69 Å². The largest absolute Gasteiger partial charge is 0.493 e. The predicted molar refractivity (Wildman–Crippen MR) is 130 cm³/mol. The smallest absolute Gasteiger partial charge is 0.324 e. The molecule has 2 aromatic heterocycles. The Morgan fingerprint density at radius 1 is 1.03 bits per heavy atom. The summed E-state index contributed by atoms with van der Waals surface area (Å²) in [4.78, 5) is 19.6. The summed E-state index contributed by atoms with van der Waals surface area (Å²) >= 11 is 1.29. The van der Waals surface area contributed by atoms with Crippen molar-refractivity contribution in [2.45, 2.75) is 12.5 Å². The molecule has 1 atom stereocenters. The van der Waals surface area contributed by atoms with E-state index >= 15 is 0 Å². The van der Waals surface area contributed by atoms with Crippen molar-refractivity contribution in [2.24, 2.45) is 0 Å². The maximum Gasteiger partial charge on any atom is 0.324 e. The fourth-order valence-electron chi connectivity index (χ4n) is 4.19. The number of carbonyl (C=O) groups excluding carboxylic acids is 1. The lowest BCUT2D eigenvalue weighted by Gasteiger charge is -2.37. The van der Waals surface area contributed by atoms with Gasteiger partial charge in [0.25, 0.3) is 0 Å². The number of nitrogens with one attached hydrogen (secondary N) is 1. The van der Waals surface area contributed by atoms with Crippen molar-refractivity contribution in [3.8, 4) is 22.2 Å². The minimum Gasteiger partial charge on any atom is -0.493 e. The van der Waals surface area contributed by atoms with Gasteiger partial charge in [-0.3, -0.25) is 10.3 Å². The second-order valence-corrected chi connectivity index (χ2v) is 8.70. The Morgan fingerprint density at radius 3 is 2.53 bits per heavy atom. The Morgan fingerprint density at radius 2 is 1.79 bits per heavy atom. The Balaban J connectivity index is 1.47. The highest BCUT2D eigenvalue weighted by atomic mass is 32.1. The third kappa shape index (κ3) is 4.17. The molecule has 1 aliphatic rings. The summed E-state index contributed by atoms with van der Waals surface area (Å²) in [7, 11) is 3.24. The molecule has 0 fully saturated rings. The van der Waals surface area contributed by atoms with Gasteiger partial charge >= 0.3 is 6.03 Å². The first-order valence-electron chi connectivity index (χ1n) is 10.8. The zero-order valence-electron chi connectivity index (χ0n) is 18.8. The maximum atomic E-state index is 13.5. The molecule has 0 spiro atoms. The summed E-state index contributed by atoms with van der Waals surface area (Å²) < 4.78 is 11.1. The molecule has 1 N–H and O–H groups in total. The van der Waals surface area contributed by atoms with Gasteiger partial charge in [-0.15, -0.1) is 10.2 Å². The first kappa shape index (κ1) is 21.8. The third-order valence-electron chi connectivity index (χ3n) is 5.77. The maximum absolute atomic E-state index is 13.5. The molecule has 4 aromatic rings. The molecule has 5 rings (SSSR count). The molecule has 1 unspecified atom stereocenters. The van der Waals surface area contributed by atoms with Gasteiger partial charge < -0.3 is 14.4 Å². The third-order valence-corrected chi connectivity index (χ3v) is 6.63. The van der Waals surface area contributed by atoms with E-state index in [2.05, 4.69) is 20.5 Å². The van der Waals surface area contributed by atoms with Crippen LogP contribution in [0.25, 0.3) is 10.7 Å². The Hall–Kier alpha value is -3.98. The highest BCUT2D eigenvalue weighted by Crippen LogP contribution is 2.41. The number of fused-ring (bicyclic) bond motifs is 1. The summed E-state index contributed by atoms with van der Waals surface area (Å²) in [5.41, 5.74) is 3.87. The van der Waals surface area contributed by atoms with Crippen LogP contribution in [0, 0.1) is 0 Å². The quantitative estimate of drug-likeness (QED) is 0.448. The fourth-order valence-corrected chi connectivity index (χ4v) is 4.90. The number of benzene rings is 2. The highest BCUT2D eigenvalue weighted by Gasteiger charge is 2.33. The van der Waals surface area contributed by atoms with E-state index in [4.69, 9.17) is 9.47 Å². The lowest BCUT2D eigenvalue weighted by Crippen LogP contribution is -2.43. The average molecular weight is 474 g/mol. The lowest BCUT2D eigenvalue weighted by molar-refractivity contribution is 0.193. The number of rotatable bonds is 5. The van der Waals surface area contributed by atoms with Gasteiger partial charge in [0, 0.05) is 12.7 Å². The normalized spacial score (nSPS) is 14.9. The summed E-state index contributed by atoms with van der Waals surface area (Å²) in [5, 5.41) is 12.3. The number of pyridine rings is 1. The van der Waals surface area contributed by atoms with E-state index in [1.54, 1.807) is 20.4 Å². The van der Waals surface area contributed by atoms with E-state index in [0.29, 0.717) is 34.6 Å². The zero-order chi connectivity index (χ0) is 23.5. The van der Waals surface area contributed by atoms with Crippen molar-refractivity contribution in [1.82, 2.24) is 20.1 Å². The van der Waals surface area contributed by atoms with E-state index in [1.165, 1.54) is 11.3 Å². The molecule has 2 aromatic carbocycles. The molecule has 9 heteroatoms. The van der Waals surface area contributed by atoms with Gasteiger partial charge in [0.2, 0.25) is 5.13 Å². The van der Waals surface area contributed by atoms with Crippen LogP contribution in [0.3, 0.4) is 0 Å². The number of amides is 2. The van der Waals surface area contributed by atoms with E-state index in [-0.39, 0.29) is 12.1 Å². The van der Waals surface area contributed by atoms with Crippen molar-refractivity contribution in [3.63, 3.8) is 0 Å². The van der Waals surface area contributed by atoms with Crippen molar-refractivity contribution in [1.29, 1.82) is 0 Å². The molecule has 0 saturated carbocycles. The first-order valence-corrected chi connectivity index (χ1v) is 11.6. The second-order valence-electron chi connectivity index (χ2n) is 7.72. The van der Waals surface area contributed by atoms with Crippen molar-refractivity contribution in [3.05, 3.63) is 83.6 Å². The molecule has 1 aliphatic heterocycles. The number of aromatic nitrogens is 3. The molecule has 0 bridgehead atoms. The van der Waals surface area contributed by atoms with Crippen molar-refractivity contribution >= 4 is 22.5 Å². The Labute approximate surface area is 201 Å². The number of ether oxygens (including phenoxy) is 2. The Bertz CT molecular complexity index is 1300. The van der Waals surface area contributed by atoms with Gasteiger partial charge in [0.05, 0.1) is 20.3 Å². The number of hydrogen-bond acceptors (Lipinski definition) is 7. The zero-order valence-corrected chi connectivity index (χ0v) is 19.6. The number of urea groups is 1. The van der Waals surface area contributed by atoms with E-state index in [1.807, 2.05) is 65.6 Å². The van der Waals surface area contributed by atoms with Crippen LogP contribution in [-0.4, -0.2) is 46.9 Å². The molecular weight excluding hydrogens is 450 g/mol. The molecule has 2 amide bonds. The van der Waals surface area contributed by atoms with Gasteiger partial charge in [-0.1, -0.05) is 47.7 Å². The molecule has 172 valence electrons. The molecule has 34 heavy (non-hydrogen) atoms. The predicted octanol–water partition coefficient (Wildman–Crippen LogP) is 4.80. The van der Waals surface area contributed by atoms with E-state index in [0.717, 1.165) is 22.4 Å². The van der Waals surface area contributed by atoms with Gasteiger partial charge in [0.15, 0.2) is 16.5 Å². The van der Waals surface area contributed by atoms with Gasteiger partial charge in [-0.05, 0) is 47.4 Å². The number of carbonyl (C=O) groups is 1. The molecule has 3 heterocycles. The standard InChI is InChI=1S/C25H23N5O3S/c1-32-20-14-17-11-13-30(22(16-8-4-3-5-9-16)18(17)15-21(20)33-2)25(31)27-24-29-28-23(34-24)19-10-6-7-12-26-19/h3-10,12,14-15,22H,11,13H2,1-2H3,(H,27,29,31).